The van der Waals surface area contributed by atoms with Crippen LogP contribution in [0.5, 0.6) is 0 Å². The smallest absolute Gasteiger partial charge is 0.359 e. The van der Waals surface area contributed by atoms with E-state index in [1.165, 1.54) is 13.0 Å². The summed E-state index contributed by atoms with van der Waals surface area (Å²) < 4.78 is 5.41. The third-order valence-electron chi connectivity index (χ3n) is 3.88. The van der Waals surface area contributed by atoms with E-state index < -0.39 is 4.92 Å². The molecule has 1 aromatic carbocycles. The third kappa shape index (κ3) is 2.44. The molecule has 0 spiro atoms. The topological polar surface area (TPSA) is 81.8 Å². The van der Waals surface area contributed by atoms with Gasteiger partial charge in [-0.05, 0) is 16.1 Å². The number of carbonyl (C=O) groups is 1. The summed E-state index contributed by atoms with van der Waals surface area (Å²) in [6.07, 6.45) is 3.43. The molecular formula is C15H14N2O4. The van der Waals surface area contributed by atoms with Crippen molar-refractivity contribution in [1.29, 1.82) is 0 Å². The van der Waals surface area contributed by atoms with E-state index in [1.54, 1.807) is 6.21 Å². The summed E-state index contributed by atoms with van der Waals surface area (Å²) in [4.78, 5) is 25.5. The molecule has 0 N–H and O–H groups in total. The molecule has 3 rings (SSSR count). The van der Waals surface area contributed by atoms with Crippen LogP contribution in [0, 0.1) is 16.0 Å². The van der Waals surface area contributed by atoms with Crippen LogP contribution in [0.2, 0.25) is 0 Å². The van der Waals surface area contributed by atoms with Gasteiger partial charge in [0.2, 0.25) is 0 Å². The second-order valence-electron chi connectivity index (χ2n) is 5.21. The lowest BCUT2D eigenvalue weighted by Crippen LogP contribution is -2.26. The Bertz CT molecular complexity index is 665. The van der Waals surface area contributed by atoms with E-state index >= 15 is 0 Å². The largest absolute Gasteiger partial charge is 0.462 e. The van der Waals surface area contributed by atoms with Gasteiger partial charge in [0.1, 0.15) is 12.3 Å². The maximum atomic E-state index is 11.3. The van der Waals surface area contributed by atoms with E-state index in [9.17, 15) is 14.9 Å². The molecular weight excluding hydrogens is 272 g/mol. The Balaban J connectivity index is 1.95. The molecule has 0 amide bonds. The number of carbonyl (C=O) groups excluding carboxylic acids is 1. The summed E-state index contributed by atoms with van der Waals surface area (Å²) in [6, 6.07) is 7.84. The molecule has 1 unspecified atom stereocenters. The second kappa shape index (κ2) is 5.12. The summed E-state index contributed by atoms with van der Waals surface area (Å²) in [5.41, 5.74) is 2.19. The average molecular weight is 286 g/mol. The van der Waals surface area contributed by atoms with Crippen molar-refractivity contribution in [1.82, 2.24) is 0 Å². The number of hydrogen-bond donors (Lipinski definition) is 0. The van der Waals surface area contributed by atoms with Gasteiger partial charge >= 0.3 is 11.8 Å². The summed E-state index contributed by atoms with van der Waals surface area (Å²) >= 11 is 0. The number of fused-ring (bicyclic) bond motifs is 1. The first kappa shape index (κ1) is 13.5. The number of ether oxygens (including phenoxy) is 1. The molecule has 1 aromatic rings. The number of nitrogens with zero attached hydrogens (tertiary/aromatic N) is 2. The van der Waals surface area contributed by atoms with Crippen LogP contribution in [0.15, 0.2) is 41.2 Å². The van der Waals surface area contributed by atoms with Gasteiger partial charge in [0.05, 0.1) is 5.92 Å². The fraction of sp³-hybridized carbons (Fsp3) is 0.333. The molecule has 0 saturated carbocycles. The van der Waals surface area contributed by atoms with Crippen molar-refractivity contribution in [2.75, 3.05) is 0 Å². The van der Waals surface area contributed by atoms with Crippen LogP contribution in [0.1, 0.15) is 24.0 Å². The van der Waals surface area contributed by atoms with E-state index in [0.717, 1.165) is 11.1 Å². The summed E-state index contributed by atoms with van der Waals surface area (Å²) in [7, 11) is 0. The molecule has 0 aromatic heterocycles. The number of benzene rings is 1. The Morgan fingerprint density at radius 2 is 2.19 bits per heavy atom. The highest BCUT2D eigenvalue weighted by Gasteiger charge is 2.41. The Morgan fingerprint density at radius 1 is 1.43 bits per heavy atom. The molecule has 1 aliphatic carbocycles. The van der Waals surface area contributed by atoms with Gasteiger partial charge in [-0.1, -0.05) is 29.3 Å². The van der Waals surface area contributed by atoms with Crippen molar-refractivity contribution in [2.24, 2.45) is 10.9 Å². The van der Waals surface area contributed by atoms with Crippen LogP contribution in [0.25, 0.3) is 0 Å². The fourth-order valence-corrected chi connectivity index (χ4v) is 3.10. The number of aliphatic imine (C=N–C) groups is 1. The summed E-state index contributed by atoms with van der Waals surface area (Å²) in [6.45, 7) is 1.38. The highest BCUT2D eigenvalue weighted by atomic mass is 16.6. The second-order valence-corrected chi connectivity index (χ2v) is 5.21. The van der Waals surface area contributed by atoms with Crippen LogP contribution >= 0.6 is 0 Å². The van der Waals surface area contributed by atoms with E-state index in [4.69, 9.17) is 4.74 Å². The lowest BCUT2D eigenvalue weighted by Gasteiger charge is -2.22. The van der Waals surface area contributed by atoms with Crippen molar-refractivity contribution in [3.05, 3.63) is 57.4 Å². The van der Waals surface area contributed by atoms with Crippen molar-refractivity contribution in [3.8, 4) is 0 Å². The summed E-state index contributed by atoms with van der Waals surface area (Å²) in [5.74, 6) is -0.832. The van der Waals surface area contributed by atoms with Crippen LogP contribution in [-0.2, 0) is 16.0 Å². The Labute approximate surface area is 121 Å². The van der Waals surface area contributed by atoms with Crippen LogP contribution in [0.4, 0.5) is 0 Å². The van der Waals surface area contributed by atoms with Crippen molar-refractivity contribution in [3.63, 3.8) is 0 Å². The zero-order valence-corrected chi connectivity index (χ0v) is 11.4. The first-order chi connectivity index (χ1) is 10.1. The highest BCUT2D eigenvalue weighted by Crippen LogP contribution is 2.41. The first-order valence-corrected chi connectivity index (χ1v) is 6.71. The minimum Gasteiger partial charge on any atom is -0.462 e. The zero-order chi connectivity index (χ0) is 15.0. The highest BCUT2D eigenvalue weighted by molar-refractivity contribution is 5.71. The normalized spacial score (nSPS) is 26.3. The van der Waals surface area contributed by atoms with E-state index in [2.05, 4.69) is 4.99 Å². The number of esters is 1. The molecule has 1 heterocycles. The van der Waals surface area contributed by atoms with Gasteiger partial charge in [0.15, 0.2) is 0 Å². The Hall–Kier alpha value is -2.50. The molecule has 0 saturated heterocycles. The molecule has 108 valence electrons. The van der Waals surface area contributed by atoms with Crippen LogP contribution in [0.3, 0.4) is 0 Å². The molecule has 6 nitrogen and oxygen atoms in total. The minimum absolute atomic E-state index is 0.119. The SMILES string of the molecule is CC(=O)O[C@@H]1Cc2ccccc2[C@@H]1C1C=NC([N+](=O)[O-])=C1. The molecule has 1 aliphatic heterocycles. The molecule has 0 bridgehead atoms. The predicted octanol–water partition coefficient (Wildman–Crippen LogP) is 2.08. The Kier molecular flexibility index (Phi) is 3.29. The number of allylic oxidation sites excluding steroid dienone is 1. The minimum atomic E-state index is -0.502. The van der Waals surface area contributed by atoms with Gasteiger partial charge in [-0.2, -0.15) is 0 Å². The maximum absolute atomic E-state index is 11.3. The zero-order valence-electron chi connectivity index (χ0n) is 11.4. The standard InChI is InChI=1S/C15H14N2O4/c1-9(18)21-13-6-10-4-2-3-5-12(10)15(13)11-7-14(16-8-11)17(19)20/h2-5,7-8,11,13,15H,6H2,1H3/t11?,13-,15+/m1/s1. The number of rotatable bonds is 3. The number of nitro groups is 1. The Morgan fingerprint density at radius 3 is 2.86 bits per heavy atom. The molecule has 21 heavy (non-hydrogen) atoms. The first-order valence-electron chi connectivity index (χ1n) is 6.71. The van der Waals surface area contributed by atoms with Gasteiger partial charge in [-0.25, -0.2) is 0 Å². The van der Waals surface area contributed by atoms with Crippen LogP contribution < -0.4 is 0 Å². The molecule has 6 heteroatoms. The molecule has 3 atom stereocenters. The van der Waals surface area contributed by atoms with E-state index in [0.29, 0.717) is 6.42 Å². The van der Waals surface area contributed by atoms with Gasteiger partial charge in [0, 0.05) is 25.3 Å². The van der Waals surface area contributed by atoms with E-state index in [1.807, 2.05) is 24.3 Å². The summed E-state index contributed by atoms with van der Waals surface area (Å²) in [5, 5.41) is 10.8. The molecule has 0 radical (unpaired) electrons. The number of hydrogen-bond acceptors (Lipinski definition) is 5. The monoisotopic (exact) mass is 286 g/mol. The quantitative estimate of drug-likeness (QED) is 0.484. The molecule has 0 fully saturated rings. The third-order valence-corrected chi connectivity index (χ3v) is 3.88. The van der Waals surface area contributed by atoms with E-state index in [-0.39, 0.29) is 29.7 Å². The maximum Gasteiger partial charge on any atom is 0.359 e. The lowest BCUT2D eigenvalue weighted by molar-refractivity contribution is -0.425. The average Bonchev–Trinajstić information content (AvgIpc) is 3.01. The van der Waals surface area contributed by atoms with Gasteiger partial charge < -0.3 is 14.9 Å². The predicted molar refractivity (Wildman–Crippen MR) is 75.5 cm³/mol. The fourth-order valence-electron chi connectivity index (χ4n) is 3.10. The van der Waals surface area contributed by atoms with Gasteiger partial charge in [0.25, 0.3) is 0 Å². The van der Waals surface area contributed by atoms with Crippen LogP contribution in [-0.4, -0.2) is 23.2 Å². The van der Waals surface area contributed by atoms with Gasteiger partial charge in [-0.15, -0.1) is 0 Å². The molecule has 2 aliphatic rings. The van der Waals surface area contributed by atoms with Gasteiger partial charge in [-0.3, -0.25) is 4.79 Å². The lowest BCUT2D eigenvalue weighted by atomic mass is 9.87. The van der Waals surface area contributed by atoms with Crippen molar-refractivity contribution >= 4 is 12.2 Å². The van der Waals surface area contributed by atoms with Crippen molar-refractivity contribution in [2.45, 2.75) is 25.4 Å². The van der Waals surface area contributed by atoms with Crippen molar-refractivity contribution < 1.29 is 14.5 Å².